The summed E-state index contributed by atoms with van der Waals surface area (Å²) < 4.78 is 11.4. The average Bonchev–Trinajstić information content (AvgIpc) is 3.21. The van der Waals surface area contributed by atoms with Gasteiger partial charge in [0, 0.05) is 17.4 Å². The van der Waals surface area contributed by atoms with Crippen LogP contribution in [0.5, 0.6) is 5.75 Å². The Labute approximate surface area is 123 Å². The molecule has 2 unspecified atom stereocenters. The molecule has 104 valence electrons. The Morgan fingerprint density at radius 3 is 2.95 bits per heavy atom. The van der Waals surface area contributed by atoms with Crippen molar-refractivity contribution >= 4 is 15.9 Å². The smallest absolute Gasteiger partial charge is 0.119 e. The monoisotopic (exact) mass is 324 g/mol. The van der Waals surface area contributed by atoms with Crippen LogP contribution in [0.25, 0.3) is 0 Å². The van der Waals surface area contributed by atoms with Gasteiger partial charge in [-0.05, 0) is 49.3 Å². The van der Waals surface area contributed by atoms with Gasteiger partial charge in [0.15, 0.2) is 0 Å². The van der Waals surface area contributed by atoms with Crippen LogP contribution in [0.2, 0.25) is 0 Å². The Balaban J connectivity index is 1.81. The molecule has 3 heteroatoms. The van der Waals surface area contributed by atoms with Crippen molar-refractivity contribution in [2.75, 3.05) is 19.0 Å². The fourth-order valence-corrected chi connectivity index (χ4v) is 4.11. The minimum absolute atomic E-state index is 0.271. The highest BCUT2D eigenvalue weighted by atomic mass is 79.9. The predicted octanol–water partition coefficient (Wildman–Crippen LogP) is 3.82. The number of rotatable bonds is 5. The quantitative estimate of drug-likeness (QED) is 0.766. The van der Waals surface area contributed by atoms with Gasteiger partial charge in [-0.1, -0.05) is 28.1 Å². The third kappa shape index (κ3) is 2.68. The lowest BCUT2D eigenvalue weighted by Crippen LogP contribution is -2.36. The van der Waals surface area contributed by atoms with Gasteiger partial charge >= 0.3 is 0 Å². The second-order valence-corrected chi connectivity index (χ2v) is 6.46. The van der Waals surface area contributed by atoms with Crippen molar-refractivity contribution in [3.63, 3.8) is 0 Å². The van der Waals surface area contributed by atoms with Crippen molar-refractivity contribution in [1.82, 2.24) is 0 Å². The molecule has 19 heavy (non-hydrogen) atoms. The van der Waals surface area contributed by atoms with Gasteiger partial charge in [-0.25, -0.2) is 0 Å². The van der Waals surface area contributed by atoms with Crippen molar-refractivity contribution in [1.29, 1.82) is 0 Å². The number of benzene rings is 1. The van der Waals surface area contributed by atoms with Crippen LogP contribution in [0.15, 0.2) is 24.3 Å². The van der Waals surface area contributed by atoms with Crippen LogP contribution in [-0.4, -0.2) is 25.2 Å². The lowest BCUT2D eigenvalue weighted by atomic mass is 9.76. The van der Waals surface area contributed by atoms with Crippen LogP contribution in [0.3, 0.4) is 0 Å². The molecular formula is C16H21BrO2. The minimum atomic E-state index is 0.271. The van der Waals surface area contributed by atoms with Crippen LogP contribution in [-0.2, 0) is 11.2 Å². The summed E-state index contributed by atoms with van der Waals surface area (Å²) in [6, 6.07) is 8.45. The van der Waals surface area contributed by atoms with Gasteiger partial charge < -0.3 is 9.47 Å². The molecule has 0 amide bonds. The first-order valence-electron chi connectivity index (χ1n) is 7.08. The lowest BCUT2D eigenvalue weighted by molar-refractivity contribution is 0.0413. The Kier molecular flexibility index (Phi) is 3.86. The Bertz CT molecular complexity index is 444. The summed E-state index contributed by atoms with van der Waals surface area (Å²) in [4.78, 5) is 0. The Morgan fingerprint density at radius 1 is 1.42 bits per heavy atom. The molecule has 0 N–H and O–H groups in total. The molecule has 0 bridgehead atoms. The second-order valence-electron chi connectivity index (χ2n) is 5.90. The van der Waals surface area contributed by atoms with Gasteiger partial charge in [0.25, 0.3) is 0 Å². The van der Waals surface area contributed by atoms with Crippen molar-refractivity contribution in [2.45, 2.75) is 31.8 Å². The molecule has 2 aliphatic rings. The van der Waals surface area contributed by atoms with E-state index in [1.807, 2.05) is 6.07 Å². The molecule has 2 fully saturated rings. The zero-order valence-electron chi connectivity index (χ0n) is 11.4. The summed E-state index contributed by atoms with van der Waals surface area (Å²) in [6.45, 7) is 0.913. The van der Waals surface area contributed by atoms with E-state index in [-0.39, 0.29) is 5.41 Å². The van der Waals surface area contributed by atoms with E-state index in [0.29, 0.717) is 6.10 Å². The second kappa shape index (κ2) is 5.45. The van der Waals surface area contributed by atoms with Crippen molar-refractivity contribution in [3.8, 4) is 5.75 Å². The van der Waals surface area contributed by atoms with E-state index in [1.54, 1.807) is 7.11 Å². The molecule has 1 aromatic carbocycles. The van der Waals surface area contributed by atoms with Gasteiger partial charge in [0.2, 0.25) is 0 Å². The number of hydrogen-bond acceptors (Lipinski definition) is 2. The van der Waals surface area contributed by atoms with E-state index in [9.17, 15) is 0 Å². The molecule has 1 heterocycles. The molecule has 0 radical (unpaired) electrons. The summed E-state index contributed by atoms with van der Waals surface area (Å²) in [5, 5.41) is 1.03. The topological polar surface area (TPSA) is 18.5 Å². The van der Waals surface area contributed by atoms with Crippen molar-refractivity contribution < 1.29 is 9.47 Å². The average molecular weight is 325 g/mol. The van der Waals surface area contributed by atoms with Crippen LogP contribution in [0, 0.1) is 11.3 Å². The summed E-state index contributed by atoms with van der Waals surface area (Å²) in [5.74, 6) is 1.75. The van der Waals surface area contributed by atoms with Gasteiger partial charge in [0.1, 0.15) is 5.75 Å². The van der Waals surface area contributed by atoms with Crippen LogP contribution >= 0.6 is 15.9 Å². The molecule has 1 aliphatic carbocycles. The third-order valence-electron chi connectivity index (χ3n) is 4.51. The summed E-state index contributed by atoms with van der Waals surface area (Å²) >= 11 is 3.75. The van der Waals surface area contributed by atoms with E-state index >= 15 is 0 Å². The Morgan fingerprint density at radius 2 is 2.26 bits per heavy atom. The third-order valence-corrected chi connectivity index (χ3v) is 5.62. The van der Waals surface area contributed by atoms with Crippen LogP contribution in [0.4, 0.5) is 0 Å². The highest BCUT2D eigenvalue weighted by molar-refractivity contribution is 9.09. The maximum Gasteiger partial charge on any atom is 0.119 e. The lowest BCUT2D eigenvalue weighted by Gasteiger charge is -2.33. The molecule has 3 rings (SSSR count). The molecule has 0 spiro atoms. The fraction of sp³-hybridized carbons (Fsp3) is 0.625. The summed E-state index contributed by atoms with van der Waals surface area (Å²) in [7, 11) is 1.73. The van der Waals surface area contributed by atoms with Gasteiger partial charge in [0.05, 0.1) is 13.2 Å². The summed E-state index contributed by atoms with van der Waals surface area (Å²) in [6.07, 6.45) is 5.38. The number of methoxy groups -OCH3 is 1. The van der Waals surface area contributed by atoms with Crippen molar-refractivity contribution in [3.05, 3.63) is 29.8 Å². The van der Waals surface area contributed by atoms with Gasteiger partial charge in [-0.2, -0.15) is 0 Å². The predicted molar refractivity (Wildman–Crippen MR) is 80.0 cm³/mol. The van der Waals surface area contributed by atoms with Crippen molar-refractivity contribution in [2.24, 2.45) is 11.3 Å². The zero-order chi connectivity index (χ0) is 13.3. The number of alkyl halides is 1. The molecule has 1 aliphatic heterocycles. The number of halogens is 1. The SMILES string of the molecule is COc1cccc(CC2(CBr)CCOC2C2CC2)c1. The van der Waals surface area contributed by atoms with Gasteiger partial charge in [-0.15, -0.1) is 0 Å². The molecule has 1 saturated carbocycles. The number of hydrogen-bond donors (Lipinski definition) is 0. The normalized spacial score (nSPS) is 30.5. The van der Waals surface area contributed by atoms with E-state index in [1.165, 1.54) is 18.4 Å². The van der Waals surface area contributed by atoms with E-state index in [2.05, 4.69) is 34.1 Å². The largest absolute Gasteiger partial charge is 0.497 e. The highest BCUT2D eigenvalue weighted by Crippen LogP contribution is 2.50. The zero-order valence-corrected chi connectivity index (χ0v) is 13.0. The molecular weight excluding hydrogens is 304 g/mol. The van der Waals surface area contributed by atoms with Gasteiger partial charge in [-0.3, -0.25) is 0 Å². The summed E-state index contributed by atoms with van der Waals surface area (Å²) in [5.41, 5.74) is 1.63. The first kappa shape index (κ1) is 13.4. The molecule has 2 nitrogen and oxygen atoms in total. The standard InChI is InChI=1S/C16H21BrO2/c1-18-14-4-2-3-12(9-14)10-16(11-17)7-8-19-15(16)13-5-6-13/h2-4,9,13,15H,5-8,10-11H2,1H3. The van der Waals surface area contributed by atoms with E-state index < -0.39 is 0 Å². The Hall–Kier alpha value is -0.540. The van der Waals surface area contributed by atoms with E-state index in [4.69, 9.17) is 9.47 Å². The number of ether oxygens (including phenoxy) is 2. The maximum atomic E-state index is 6.05. The highest BCUT2D eigenvalue weighted by Gasteiger charge is 2.50. The first-order chi connectivity index (χ1) is 9.27. The van der Waals surface area contributed by atoms with Crippen LogP contribution < -0.4 is 4.74 Å². The molecule has 2 atom stereocenters. The van der Waals surface area contributed by atoms with E-state index in [0.717, 1.165) is 36.4 Å². The molecule has 0 aromatic heterocycles. The minimum Gasteiger partial charge on any atom is -0.497 e. The maximum absolute atomic E-state index is 6.05. The first-order valence-corrected chi connectivity index (χ1v) is 8.20. The van der Waals surface area contributed by atoms with Crippen LogP contribution in [0.1, 0.15) is 24.8 Å². The fourth-order valence-electron chi connectivity index (χ4n) is 3.31. The molecule has 1 saturated heterocycles. The molecule has 1 aromatic rings.